The maximum absolute atomic E-state index is 12.7. The normalized spacial score (nSPS) is 16.7. The molecular formula is C18H22N4O2S2. The lowest BCUT2D eigenvalue weighted by molar-refractivity contribution is -0.119. The first-order chi connectivity index (χ1) is 12.7. The van der Waals surface area contributed by atoms with Crippen molar-refractivity contribution in [3.63, 3.8) is 0 Å². The summed E-state index contributed by atoms with van der Waals surface area (Å²) >= 11 is 2.99. The molecule has 0 bridgehead atoms. The number of carbonyl (C=O) groups is 2. The Morgan fingerprint density at radius 1 is 1.23 bits per heavy atom. The largest absolute Gasteiger partial charge is 0.316 e. The van der Waals surface area contributed by atoms with Crippen LogP contribution in [0.4, 0.5) is 5.13 Å². The molecule has 2 aromatic rings. The van der Waals surface area contributed by atoms with Gasteiger partial charge in [0.2, 0.25) is 11.0 Å². The molecule has 0 saturated carbocycles. The summed E-state index contributed by atoms with van der Waals surface area (Å²) in [6.07, 6.45) is 4.29. The van der Waals surface area contributed by atoms with E-state index in [9.17, 15) is 9.59 Å². The summed E-state index contributed by atoms with van der Waals surface area (Å²) in [4.78, 5) is 26.9. The molecule has 1 aliphatic rings. The van der Waals surface area contributed by atoms with Crippen molar-refractivity contribution < 1.29 is 9.59 Å². The zero-order valence-electron chi connectivity index (χ0n) is 14.7. The van der Waals surface area contributed by atoms with E-state index in [1.54, 1.807) is 28.8 Å². The van der Waals surface area contributed by atoms with Gasteiger partial charge in [0, 0.05) is 17.7 Å². The Labute approximate surface area is 161 Å². The lowest BCUT2D eigenvalue weighted by Crippen LogP contribution is -2.44. The van der Waals surface area contributed by atoms with Crippen molar-refractivity contribution in [1.82, 2.24) is 15.1 Å². The number of carbonyl (C=O) groups excluding carboxylic acids is 2. The van der Waals surface area contributed by atoms with Gasteiger partial charge in [-0.15, -0.1) is 22.0 Å². The second-order valence-electron chi connectivity index (χ2n) is 6.10. The molecule has 1 N–H and O–H groups in total. The van der Waals surface area contributed by atoms with Gasteiger partial charge in [0.15, 0.2) is 0 Å². The van der Waals surface area contributed by atoms with E-state index in [1.807, 2.05) is 18.2 Å². The number of hydrogen-bond donors (Lipinski definition) is 1. The number of aryl methyl sites for hydroxylation is 1. The van der Waals surface area contributed by atoms with E-state index in [0.29, 0.717) is 22.3 Å². The Morgan fingerprint density at radius 3 is 2.81 bits per heavy atom. The molecule has 1 aromatic carbocycles. The van der Waals surface area contributed by atoms with Crippen LogP contribution in [0.3, 0.4) is 0 Å². The highest BCUT2D eigenvalue weighted by molar-refractivity contribution is 7.99. The van der Waals surface area contributed by atoms with Crippen LogP contribution in [-0.4, -0.2) is 44.6 Å². The van der Waals surface area contributed by atoms with Crippen LogP contribution in [0.1, 0.15) is 41.6 Å². The van der Waals surface area contributed by atoms with Gasteiger partial charge >= 0.3 is 0 Å². The molecule has 138 valence electrons. The summed E-state index contributed by atoms with van der Waals surface area (Å²) < 4.78 is 0. The minimum Gasteiger partial charge on any atom is -0.316 e. The molecule has 1 aromatic heterocycles. The maximum Gasteiger partial charge on any atom is 0.255 e. The lowest BCUT2D eigenvalue weighted by atomic mass is 10.1. The highest BCUT2D eigenvalue weighted by Gasteiger charge is 2.35. The van der Waals surface area contributed by atoms with Crippen molar-refractivity contribution >= 4 is 40.0 Å². The van der Waals surface area contributed by atoms with E-state index in [1.165, 1.54) is 11.3 Å². The van der Waals surface area contributed by atoms with Crippen LogP contribution in [0.5, 0.6) is 0 Å². The Hall–Kier alpha value is -1.93. The van der Waals surface area contributed by atoms with E-state index < -0.39 is 6.04 Å². The molecule has 1 aliphatic heterocycles. The molecule has 0 radical (unpaired) electrons. The highest BCUT2D eigenvalue weighted by atomic mass is 32.2. The van der Waals surface area contributed by atoms with E-state index in [-0.39, 0.29) is 11.8 Å². The number of aromatic nitrogens is 2. The zero-order chi connectivity index (χ0) is 18.4. The van der Waals surface area contributed by atoms with Crippen molar-refractivity contribution in [2.45, 2.75) is 38.6 Å². The molecule has 3 rings (SSSR count). The van der Waals surface area contributed by atoms with Gasteiger partial charge in [-0.1, -0.05) is 49.3 Å². The number of benzene rings is 1. The molecule has 6 nitrogen and oxygen atoms in total. The summed E-state index contributed by atoms with van der Waals surface area (Å²) in [6, 6.07) is 8.58. The van der Waals surface area contributed by atoms with Crippen molar-refractivity contribution in [1.29, 1.82) is 0 Å². The van der Waals surface area contributed by atoms with Gasteiger partial charge in [-0.25, -0.2) is 0 Å². The van der Waals surface area contributed by atoms with Gasteiger partial charge in [-0.3, -0.25) is 14.9 Å². The summed E-state index contributed by atoms with van der Waals surface area (Å²) in [5, 5.41) is 12.5. The maximum atomic E-state index is 12.7. The predicted molar refractivity (Wildman–Crippen MR) is 105 cm³/mol. The fourth-order valence-corrected chi connectivity index (χ4v) is 4.67. The second-order valence-corrected chi connectivity index (χ2v) is 8.17. The van der Waals surface area contributed by atoms with Gasteiger partial charge in [0.25, 0.3) is 5.91 Å². The summed E-state index contributed by atoms with van der Waals surface area (Å²) in [7, 11) is 0. The smallest absolute Gasteiger partial charge is 0.255 e. The third-order valence-electron chi connectivity index (χ3n) is 4.16. The van der Waals surface area contributed by atoms with Gasteiger partial charge < -0.3 is 4.90 Å². The quantitative estimate of drug-likeness (QED) is 0.733. The Bertz CT molecular complexity index is 751. The van der Waals surface area contributed by atoms with Crippen LogP contribution in [0.25, 0.3) is 0 Å². The minimum atomic E-state index is -0.486. The highest BCUT2D eigenvalue weighted by Crippen LogP contribution is 2.25. The van der Waals surface area contributed by atoms with Gasteiger partial charge in [-0.05, 0) is 18.6 Å². The van der Waals surface area contributed by atoms with Crippen molar-refractivity contribution in [3.05, 3.63) is 40.9 Å². The van der Waals surface area contributed by atoms with Crippen molar-refractivity contribution in [2.75, 3.05) is 16.9 Å². The number of rotatable bonds is 7. The standard InChI is InChI=1S/C18H22N4O2S2/c1-2-3-5-10-15-20-21-18(26-15)19-16(23)14-11-25-12-22(14)17(24)13-8-6-4-7-9-13/h4,6-9,14H,2-3,5,10-12H2,1H3,(H,19,21,23)/t14-/m0/s1. The molecule has 0 aliphatic carbocycles. The number of nitrogens with zero attached hydrogens (tertiary/aromatic N) is 3. The Kier molecular flexibility index (Phi) is 6.62. The van der Waals surface area contributed by atoms with E-state index >= 15 is 0 Å². The van der Waals surface area contributed by atoms with Crippen molar-refractivity contribution in [2.24, 2.45) is 0 Å². The number of amides is 2. The molecular weight excluding hydrogens is 368 g/mol. The number of unbranched alkanes of at least 4 members (excludes halogenated alkanes) is 2. The van der Waals surface area contributed by atoms with Crippen LogP contribution >= 0.6 is 23.1 Å². The Balaban J connectivity index is 1.61. The monoisotopic (exact) mass is 390 g/mol. The molecule has 1 fully saturated rings. The van der Waals surface area contributed by atoms with Crippen LogP contribution in [0, 0.1) is 0 Å². The first-order valence-corrected chi connectivity index (χ1v) is 10.7. The average molecular weight is 391 g/mol. The topological polar surface area (TPSA) is 75.2 Å². The molecule has 2 heterocycles. The predicted octanol–water partition coefficient (Wildman–Crippen LogP) is 3.42. The van der Waals surface area contributed by atoms with Crippen LogP contribution in [-0.2, 0) is 11.2 Å². The van der Waals surface area contributed by atoms with Gasteiger partial charge in [0.05, 0.1) is 5.88 Å². The van der Waals surface area contributed by atoms with Crippen LogP contribution < -0.4 is 5.32 Å². The third kappa shape index (κ3) is 4.62. The molecule has 8 heteroatoms. The first-order valence-electron chi connectivity index (χ1n) is 8.76. The average Bonchev–Trinajstić information content (AvgIpc) is 3.31. The number of anilines is 1. The van der Waals surface area contributed by atoms with Gasteiger partial charge in [-0.2, -0.15) is 0 Å². The number of nitrogens with one attached hydrogen (secondary N) is 1. The zero-order valence-corrected chi connectivity index (χ0v) is 16.3. The SMILES string of the molecule is CCCCCc1nnc(NC(=O)[C@@H]2CSCN2C(=O)c2ccccc2)s1. The van der Waals surface area contributed by atoms with Crippen molar-refractivity contribution in [3.8, 4) is 0 Å². The first kappa shape index (κ1) is 18.8. The molecule has 1 atom stereocenters. The Morgan fingerprint density at radius 2 is 2.04 bits per heavy atom. The third-order valence-corrected chi connectivity index (χ3v) is 6.07. The number of hydrogen-bond acceptors (Lipinski definition) is 6. The van der Waals surface area contributed by atoms with E-state index in [4.69, 9.17) is 0 Å². The fourth-order valence-electron chi connectivity index (χ4n) is 2.73. The molecule has 26 heavy (non-hydrogen) atoms. The number of thioether (sulfide) groups is 1. The van der Waals surface area contributed by atoms with Gasteiger partial charge in [0.1, 0.15) is 11.0 Å². The minimum absolute atomic E-state index is 0.117. The fraction of sp³-hybridized carbons (Fsp3) is 0.444. The molecule has 1 saturated heterocycles. The van der Waals surface area contributed by atoms with Crippen LogP contribution in [0.15, 0.2) is 30.3 Å². The summed E-state index contributed by atoms with van der Waals surface area (Å²) in [5.41, 5.74) is 0.599. The molecule has 0 spiro atoms. The lowest BCUT2D eigenvalue weighted by Gasteiger charge is -2.22. The van der Waals surface area contributed by atoms with E-state index in [2.05, 4.69) is 22.4 Å². The van der Waals surface area contributed by atoms with E-state index in [0.717, 1.165) is 30.7 Å². The second kappa shape index (κ2) is 9.14. The molecule has 0 unspecified atom stereocenters. The molecule has 2 amide bonds. The summed E-state index contributed by atoms with van der Waals surface area (Å²) in [6.45, 7) is 2.16. The van der Waals surface area contributed by atoms with Crippen LogP contribution in [0.2, 0.25) is 0 Å². The summed E-state index contributed by atoms with van der Waals surface area (Å²) in [5.74, 6) is 0.792.